The van der Waals surface area contributed by atoms with Crippen LogP contribution in [0.25, 0.3) is 11.3 Å². The van der Waals surface area contributed by atoms with Crippen LogP contribution in [0.3, 0.4) is 0 Å². The predicted octanol–water partition coefficient (Wildman–Crippen LogP) is 2.00. The summed E-state index contributed by atoms with van der Waals surface area (Å²) in [5.41, 5.74) is 1.33. The Morgan fingerprint density at radius 3 is 2.71 bits per heavy atom. The maximum atomic E-state index is 11.4. The summed E-state index contributed by atoms with van der Waals surface area (Å²) in [4.78, 5) is 15.2. The second-order valence-corrected chi connectivity index (χ2v) is 3.21. The first-order valence-electron chi connectivity index (χ1n) is 4.78. The molecule has 0 aliphatic rings. The van der Waals surface area contributed by atoms with Crippen molar-refractivity contribution < 1.29 is 13.9 Å². The summed E-state index contributed by atoms with van der Waals surface area (Å²) < 4.78 is 9.74. The highest BCUT2D eigenvalue weighted by Crippen LogP contribution is 2.23. The van der Waals surface area contributed by atoms with Crippen LogP contribution in [0.15, 0.2) is 35.1 Å². The SMILES string of the molecule is COC(=O)c1ncoc1-c1ccc(C#N)cc1. The number of nitrogens with zero attached hydrogens (tertiary/aromatic N) is 2. The standard InChI is InChI=1S/C12H8N2O3/c1-16-12(15)10-11(17-7-14-10)9-4-2-8(6-13)3-5-9/h2-5,7H,1H3. The Hall–Kier alpha value is -2.61. The van der Waals surface area contributed by atoms with Crippen molar-refractivity contribution in [1.82, 2.24) is 4.98 Å². The summed E-state index contributed by atoms with van der Waals surface area (Å²) in [5, 5.41) is 8.68. The number of nitriles is 1. The van der Waals surface area contributed by atoms with Crippen molar-refractivity contribution in [3.05, 3.63) is 41.9 Å². The van der Waals surface area contributed by atoms with Crippen LogP contribution in [0.5, 0.6) is 0 Å². The monoisotopic (exact) mass is 228 g/mol. The summed E-state index contributed by atoms with van der Waals surface area (Å²) in [7, 11) is 1.28. The number of carbonyl (C=O) groups excluding carboxylic acids is 1. The highest BCUT2D eigenvalue weighted by molar-refractivity contribution is 5.93. The smallest absolute Gasteiger partial charge is 0.360 e. The predicted molar refractivity (Wildman–Crippen MR) is 58.0 cm³/mol. The van der Waals surface area contributed by atoms with Crippen molar-refractivity contribution in [1.29, 1.82) is 5.26 Å². The third kappa shape index (κ3) is 2.01. The quantitative estimate of drug-likeness (QED) is 0.734. The lowest BCUT2D eigenvalue weighted by Crippen LogP contribution is -2.03. The molecule has 0 amide bonds. The van der Waals surface area contributed by atoms with Gasteiger partial charge in [-0.2, -0.15) is 5.26 Å². The lowest BCUT2D eigenvalue weighted by atomic mass is 10.1. The van der Waals surface area contributed by atoms with E-state index < -0.39 is 5.97 Å². The molecule has 0 bridgehead atoms. The molecule has 0 spiro atoms. The second kappa shape index (κ2) is 4.49. The lowest BCUT2D eigenvalue weighted by Gasteiger charge is -1.99. The van der Waals surface area contributed by atoms with E-state index in [0.29, 0.717) is 16.9 Å². The number of carbonyl (C=O) groups is 1. The van der Waals surface area contributed by atoms with Crippen molar-refractivity contribution in [3.8, 4) is 17.4 Å². The van der Waals surface area contributed by atoms with E-state index in [4.69, 9.17) is 9.68 Å². The number of ether oxygens (including phenoxy) is 1. The van der Waals surface area contributed by atoms with Crippen molar-refractivity contribution in [2.45, 2.75) is 0 Å². The van der Waals surface area contributed by atoms with Gasteiger partial charge in [0.25, 0.3) is 0 Å². The molecule has 0 unspecified atom stereocenters. The van der Waals surface area contributed by atoms with E-state index in [-0.39, 0.29) is 5.69 Å². The van der Waals surface area contributed by atoms with Gasteiger partial charge in [0.05, 0.1) is 18.7 Å². The summed E-state index contributed by atoms with van der Waals surface area (Å²) in [6.45, 7) is 0. The molecule has 1 aromatic carbocycles. The molecule has 2 rings (SSSR count). The molecule has 0 fully saturated rings. The third-order valence-electron chi connectivity index (χ3n) is 2.22. The fraction of sp³-hybridized carbons (Fsp3) is 0.0833. The number of methoxy groups -OCH3 is 1. The molecule has 0 radical (unpaired) electrons. The van der Waals surface area contributed by atoms with Crippen LogP contribution < -0.4 is 0 Å². The molecule has 1 aromatic heterocycles. The van der Waals surface area contributed by atoms with Gasteiger partial charge in [-0.15, -0.1) is 0 Å². The lowest BCUT2D eigenvalue weighted by molar-refractivity contribution is 0.0595. The zero-order chi connectivity index (χ0) is 12.3. The number of hydrogen-bond donors (Lipinski definition) is 0. The first-order valence-corrected chi connectivity index (χ1v) is 4.78. The molecule has 0 aliphatic carbocycles. The van der Waals surface area contributed by atoms with Gasteiger partial charge in [-0.25, -0.2) is 9.78 Å². The molecule has 0 aliphatic heterocycles. The minimum atomic E-state index is -0.557. The van der Waals surface area contributed by atoms with Gasteiger partial charge in [-0.05, 0) is 24.3 Å². The van der Waals surface area contributed by atoms with Gasteiger partial charge in [0.1, 0.15) is 0 Å². The van der Waals surface area contributed by atoms with Crippen LogP contribution in [0.2, 0.25) is 0 Å². The zero-order valence-corrected chi connectivity index (χ0v) is 9.01. The van der Waals surface area contributed by atoms with Gasteiger partial charge in [-0.1, -0.05) is 0 Å². The largest absolute Gasteiger partial charge is 0.464 e. The van der Waals surface area contributed by atoms with Gasteiger partial charge in [0, 0.05) is 5.56 Å². The molecule has 0 saturated heterocycles. The van der Waals surface area contributed by atoms with Crippen molar-refractivity contribution in [2.75, 3.05) is 7.11 Å². The fourth-order valence-corrected chi connectivity index (χ4v) is 1.39. The molecule has 5 nitrogen and oxygen atoms in total. The molecule has 0 N–H and O–H groups in total. The average molecular weight is 228 g/mol. The summed E-state index contributed by atoms with van der Waals surface area (Å²) >= 11 is 0. The Bertz CT molecular complexity index is 579. The number of benzene rings is 1. The summed E-state index contributed by atoms with van der Waals surface area (Å²) in [5.74, 6) is -0.223. The van der Waals surface area contributed by atoms with Gasteiger partial charge >= 0.3 is 5.97 Å². The zero-order valence-electron chi connectivity index (χ0n) is 9.01. The molecule has 0 atom stereocenters. The Morgan fingerprint density at radius 1 is 1.41 bits per heavy atom. The van der Waals surface area contributed by atoms with Crippen molar-refractivity contribution >= 4 is 5.97 Å². The van der Waals surface area contributed by atoms with E-state index in [2.05, 4.69) is 9.72 Å². The topological polar surface area (TPSA) is 76.1 Å². The molecule has 2 aromatic rings. The van der Waals surface area contributed by atoms with Crippen LogP contribution in [0, 0.1) is 11.3 Å². The highest BCUT2D eigenvalue weighted by atomic mass is 16.5. The summed E-state index contributed by atoms with van der Waals surface area (Å²) in [6.07, 6.45) is 1.18. The van der Waals surface area contributed by atoms with Gasteiger partial charge < -0.3 is 9.15 Å². The average Bonchev–Trinajstić information content (AvgIpc) is 2.87. The molecular weight excluding hydrogens is 220 g/mol. The van der Waals surface area contributed by atoms with E-state index in [1.165, 1.54) is 13.5 Å². The van der Waals surface area contributed by atoms with E-state index in [0.717, 1.165) is 0 Å². The molecule has 17 heavy (non-hydrogen) atoms. The molecule has 0 saturated carbocycles. The number of hydrogen-bond acceptors (Lipinski definition) is 5. The Kier molecular flexibility index (Phi) is 2.88. The van der Waals surface area contributed by atoms with Gasteiger partial charge in [0.2, 0.25) is 0 Å². The Balaban J connectivity index is 2.43. The maximum absolute atomic E-state index is 11.4. The van der Waals surface area contributed by atoms with Crippen LogP contribution in [-0.4, -0.2) is 18.1 Å². The minimum absolute atomic E-state index is 0.122. The molecular formula is C12H8N2O3. The molecule has 84 valence electrons. The van der Waals surface area contributed by atoms with Crippen LogP contribution in [-0.2, 0) is 4.74 Å². The second-order valence-electron chi connectivity index (χ2n) is 3.21. The minimum Gasteiger partial charge on any atom is -0.464 e. The van der Waals surface area contributed by atoms with E-state index in [1.807, 2.05) is 6.07 Å². The number of oxazole rings is 1. The number of aromatic nitrogens is 1. The summed E-state index contributed by atoms with van der Waals surface area (Å²) in [6, 6.07) is 8.66. The highest BCUT2D eigenvalue weighted by Gasteiger charge is 2.18. The van der Waals surface area contributed by atoms with E-state index >= 15 is 0 Å². The normalized spacial score (nSPS) is 9.65. The van der Waals surface area contributed by atoms with Crippen LogP contribution in [0.1, 0.15) is 16.1 Å². The van der Waals surface area contributed by atoms with Gasteiger partial charge in [0.15, 0.2) is 17.8 Å². The maximum Gasteiger partial charge on any atom is 0.360 e. The van der Waals surface area contributed by atoms with E-state index in [1.54, 1.807) is 24.3 Å². The van der Waals surface area contributed by atoms with E-state index in [9.17, 15) is 4.79 Å². The number of esters is 1. The van der Waals surface area contributed by atoms with Crippen molar-refractivity contribution in [2.24, 2.45) is 0 Å². The molecule has 1 heterocycles. The molecule has 5 heteroatoms. The van der Waals surface area contributed by atoms with Crippen LogP contribution in [0.4, 0.5) is 0 Å². The fourth-order valence-electron chi connectivity index (χ4n) is 1.39. The van der Waals surface area contributed by atoms with Crippen LogP contribution >= 0.6 is 0 Å². The Labute approximate surface area is 97.3 Å². The Morgan fingerprint density at radius 2 is 2.12 bits per heavy atom. The number of rotatable bonds is 2. The first-order chi connectivity index (χ1) is 8.26. The van der Waals surface area contributed by atoms with Crippen molar-refractivity contribution in [3.63, 3.8) is 0 Å². The first kappa shape index (κ1) is 10.9. The van der Waals surface area contributed by atoms with Gasteiger partial charge in [-0.3, -0.25) is 0 Å². The third-order valence-corrected chi connectivity index (χ3v) is 2.22.